The van der Waals surface area contributed by atoms with E-state index in [0.717, 1.165) is 38.2 Å². The molecule has 0 aliphatic carbocycles. The standard InChI is InChI=1S/C21H26N4O2S/c1-2-21(17-6-10-24(11-7-17)13-16-8-12-28-15-16)19(26)25(20(27)23-21)14-18-5-3-4-9-22-18/h3-5,8-9,12,15,17H,2,6-7,10-11,13-14H2,1H3,(H,23,27). The fourth-order valence-electron chi connectivity index (χ4n) is 4.47. The molecule has 3 amide bonds. The molecule has 6 nitrogen and oxygen atoms in total. The molecule has 2 aliphatic rings. The molecular weight excluding hydrogens is 372 g/mol. The summed E-state index contributed by atoms with van der Waals surface area (Å²) in [5.74, 6) is 0.0725. The van der Waals surface area contributed by atoms with E-state index in [2.05, 4.69) is 32.0 Å². The minimum Gasteiger partial charge on any atom is -0.323 e. The van der Waals surface area contributed by atoms with Crippen LogP contribution in [0.1, 0.15) is 37.4 Å². The van der Waals surface area contributed by atoms with Crippen molar-refractivity contribution < 1.29 is 9.59 Å². The van der Waals surface area contributed by atoms with Crippen molar-refractivity contribution in [1.82, 2.24) is 20.1 Å². The Hall–Kier alpha value is -2.25. The van der Waals surface area contributed by atoms with Crippen LogP contribution in [0.3, 0.4) is 0 Å². The van der Waals surface area contributed by atoms with Gasteiger partial charge in [0.15, 0.2) is 0 Å². The van der Waals surface area contributed by atoms with Crippen LogP contribution >= 0.6 is 11.3 Å². The van der Waals surface area contributed by atoms with Crippen molar-refractivity contribution >= 4 is 23.3 Å². The molecule has 2 fully saturated rings. The van der Waals surface area contributed by atoms with Gasteiger partial charge < -0.3 is 5.32 Å². The average molecular weight is 399 g/mol. The van der Waals surface area contributed by atoms with E-state index in [1.54, 1.807) is 17.5 Å². The zero-order chi connectivity index (χ0) is 19.6. The number of piperidine rings is 1. The van der Waals surface area contributed by atoms with E-state index in [9.17, 15) is 9.59 Å². The number of carbonyl (C=O) groups is 2. The summed E-state index contributed by atoms with van der Waals surface area (Å²) < 4.78 is 0. The predicted octanol–water partition coefficient (Wildman–Crippen LogP) is 3.26. The van der Waals surface area contributed by atoms with Crippen molar-refractivity contribution in [2.75, 3.05) is 13.1 Å². The number of nitrogens with one attached hydrogen (secondary N) is 1. The maximum atomic E-state index is 13.3. The molecule has 0 spiro atoms. The quantitative estimate of drug-likeness (QED) is 0.759. The van der Waals surface area contributed by atoms with Crippen LogP contribution in [-0.2, 0) is 17.9 Å². The Morgan fingerprint density at radius 2 is 2.04 bits per heavy atom. The molecule has 2 saturated heterocycles. The number of nitrogens with zero attached hydrogens (tertiary/aromatic N) is 3. The van der Waals surface area contributed by atoms with Crippen LogP contribution in [-0.4, -0.2) is 45.4 Å². The Morgan fingerprint density at radius 3 is 2.68 bits per heavy atom. The molecule has 4 heterocycles. The van der Waals surface area contributed by atoms with Gasteiger partial charge in [0.05, 0.1) is 12.2 Å². The zero-order valence-electron chi connectivity index (χ0n) is 16.1. The highest BCUT2D eigenvalue weighted by Crippen LogP contribution is 2.36. The van der Waals surface area contributed by atoms with Crippen LogP contribution in [0.5, 0.6) is 0 Å². The molecular formula is C21H26N4O2S. The minimum absolute atomic E-state index is 0.0954. The Kier molecular flexibility index (Phi) is 5.46. The van der Waals surface area contributed by atoms with Crippen molar-refractivity contribution in [3.63, 3.8) is 0 Å². The van der Waals surface area contributed by atoms with E-state index in [1.165, 1.54) is 10.5 Å². The van der Waals surface area contributed by atoms with Crippen molar-refractivity contribution in [1.29, 1.82) is 0 Å². The van der Waals surface area contributed by atoms with Gasteiger partial charge in [-0.05, 0) is 72.8 Å². The zero-order valence-corrected chi connectivity index (χ0v) is 17.0. The van der Waals surface area contributed by atoms with Crippen molar-refractivity contribution in [2.24, 2.45) is 5.92 Å². The smallest absolute Gasteiger partial charge is 0.323 e. The van der Waals surface area contributed by atoms with Crippen LogP contribution in [0.25, 0.3) is 0 Å². The van der Waals surface area contributed by atoms with Gasteiger partial charge in [-0.3, -0.25) is 19.6 Å². The summed E-state index contributed by atoms with van der Waals surface area (Å²) in [7, 11) is 0. The van der Waals surface area contributed by atoms with Gasteiger partial charge in [0.25, 0.3) is 5.91 Å². The summed E-state index contributed by atoms with van der Waals surface area (Å²) in [4.78, 5) is 34.0. The van der Waals surface area contributed by atoms with Gasteiger partial charge in [-0.25, -0.2) is 4.79 Å². The third-order valence-corrected chi connectivity index (χ3v) is 6.81. The van der Waals surface area contributed by atoms with Gasteiger partial charge in [-0.1, -0.05) is 13.0 Å². The molecule has 1 N–H and O–H groups in total. The maximum absolute atomic E-state index is 13.3. The average Bonchev–Trinajstić information content (AvgIpc) is 3.32. The van der Waals surface area contributed by atoms with Crippen molar-refractivity contribution in [2.45, 2.75) is 44.8 Å². The molecule has 4 rings (SSSR count). The molecule has 0 bridgehead atoms. The Morgan fingerprint density at radius 1 is 1.21 bits per heavy atom. The van der Waals surface area contributed by atoms with Crippen LogP contribution in [0.4, 0.5) is 4.79 Å². The lowest BCUT2D eigenvalue weighted by Crippen LogP contribution is -2.55. The van der Waals surface area contributed by atoms with Gasteiger partial charge in [-0.2, -0.15) is 11.3 Å². The number of imide groups is 1. The third kappa shape index (κ3) is 3.56. The van der Waals surface area contributed by atoms with Crippen LogP contribution in [0.15, 0.2) is 41.2 Å². The number of hydrogen-bond donors (Lipinski definition) is 1. The number of thiophene rings is 1. The van der Waals surface area contributed by atoms with Gasteiger partial charge in [0, 0.05) is 12.7 Å². The van der Waals surface area contributed by atoms with E-state index in [-0.39, 0.29) is 24.4 Å². The number of likely N-dealkylation sites (tertiary alicyclic amines) is 1. The summed E-state index contributed by atoms with van der Waals surface area (Å²) in [6.45, 7) is 5.09. The fourth-order valence-corrected chi connectivity index (χ4v) is 5.13. The molecule has 2 aromatic rings. The van der Waals surface area contributed by atoms with E-state index in [0.29, 0.717) is 6.42 Å². The van der Waals surface area contributed by atoms with Crippen LogP contribution < -0.4 is 5.32 Å². The first-order valence-electron chi connectivity index (χ1n) is 9.90. The lowest BCUT2D eigenvalue weighted by atomic mass is 9.75. The first kappa shape index (κ1) is 19.1. The van der Waals surface area contributed by atoms with E-state index >= 15 is 0 Å². The minimum atomic E-state index is -0.777. The van der Waals surface area contributed by atoms with Crippen LogP contribution in [0, 0.1) is 5.92 Å². The second kappa shape index (κ2) is 8.01. The maximum Gasteiger partial charge on any atom is 0.325 e. The second-order valence-corrected chi connectivity index (χ2v) is 8.43. The molecule has 0 saturated carbocycles. The molecule has 7 heteroatoms. The molecule has 1 atom stereocenters. The molecule has 2 aliphatic heterocycles. The Labute approximate surface area is 169 Å². The number of urea groups is 1. The molecule has 0 radical (unpaired) electrons. The number of hydrogen-bond acceptors (Lipinski definition) is 5. The lowest BCUT2D eigenvalue weighted by Gasteiger charge is -2.40. The highest BCUT2D eigenvalue weighted by Gasteiger charge is 2.54. The highest BCUT2D eigenvalue weighted by molar-refractivity contribution is 7.07. The van der Waals surface area contributed by atoms with Crippen LogP contribution in [0.2, 0.25) is 0 Å². The largest absolute Gasteiger partial charge is 0.325 e. The lowest BCUT2D eigenvalue weighted by molar-refractivity contribution is -0.134. The molecule has 148 valence electrons. The predicted molar refractivity (Wildman–Crippen MR) is 109 cm³/mol. The number of pyridine rings is 1. The number of rotatable bonds is 6. The van der Waals surface area contributed by atoms with E-state index < -0.39 is 5.54 Å². The van der Waals surface area contributed by atoms with Gasteiger partial charge in [-0.15, -0.1) is 0 Å². The van der Waals surface area contributed by atoms with Crippen molar-refractivity contribution in [3.05, 3.63) is 52.5 Å². The SMILES string of the molecule is CCC1(C2CCN(Cc3ccsc3)CC2)NC(=O)N(Cc2ccccn2)C1=O. The second-order valence-electron chi connectivity index (χ2n) is 7.65. The number of carbonyl (C=O) groups excluding carboxylic acids is 2. The highest BCUT2D eigenvalue weighted by atomic mass is 32.1. The fraction of sp³-hybridized carbons (Fsp3) is 0.476. The van der Waals surface area contributed by atoms with E-state index in [4.69, 9.17) is 0 Å². The van der Waals surface area contributed by atoms with Gasteiger partial charge >= 0.3 is 6.03 Å². The summed E-state index contributed by atoms with van der Waals surface area (Å²) in [6, 6.07) is 7.42. The molecule has 1 unspecified atom stereocenters. The molecule has 0 aromatic carbocycles. The third-order valence-electron chi connectivity index (χ3n) is 6.08. The molecule has 28 heavy (non-hydrogen) atoms. The summed E-state index contributed by atoms with van der Waals surface area (Å²) >= 11 is 1.72. The molecule has 2 aromatic heterocycles. The summed E-state index contributed by atoms with van der Waals surface area (Å²) in [6.07, 6.45) is 4.14. The Bertz CT molecular complexity index is 818. The first-order chi connectivity index (χ1) is 13.6. The summed E-state index contributed by atoms with van der Waals surface area (Å²) in [5.41, 5.74) is 1.30. The van der Waals surface area contributed by atoms with Gasteiger partial charge in [0.1, 0.15) is 5.54 Å². The Balaban J connectivity index is 1.44. The monoisotopic (exact) mass is 398 g/mol. The van der Waals surface area contributed by atoms with Gasteiger partial charge in [0.2, 0.25) is 0 Å². The summed E-state index contributed by atoms with van der Waals surface area (Å²) in [5, 5.41) is 7.36. The van der Waals surface area contributed by atoms with E-state index in [1.807, 2.05) is 25.1 Å². The first-order valence-corrected chi connectivity index (χ1v) is 10.8. The normalized spacial score (nSPS) is 24.0. The number of aromatic nitrogens is 1. The topological polar surface area (TPSA) is 65.5 Å². The number of amides is 3. The van der Waals surface area contributed by atoms with Crippen molar-refractivity contribution in [3.8, 4) is 0 Å².